The summed E-state index contributed by atoms with van der Waals surface area (Å²) in [7, 11) is 0. The number of hydrogen-bond acceptors (Lipinski definition) is 5. The molecule has 9 nitrogen and oxygen atoms in total. The summed E-state index contributed by atoms with van der Waals surface area (Å²) in [5, 5.41) is 4.32. The normalized spacial score (nSPS) is 11.1. The third kappa shape index (κ3) is 2.94. The molecule has 3 heterocycles. The van der Waals surface area contributed by atoms with Crippen LogP contribution in [0.25, 0.3) is 33.3 Å². The number of amides is 2. The molecule has 0 aliphatic carbocycles. The van der Waals surface area contributed by atoms with Gasteiger partial charge in [-0.05, 0) is 23.6 Å². The minimum atomic E-state index is -0.628. The second-order valence-corrected chi connectivity index (χ2v) is 6.62. The first-order valence-corrected chi connectivity index (χ1v) is 9.09. The summed E-state index contributed by atoms with van der Waals surface area (Å²) in [4.78, 5) is 43.6. The molecule has 3 aromatic heterocycles. The molecule has 5 aromatic rings. The average Bonchev–Trinajstić information content (AvgIpc) is 3.42. The molecule has 0 unspecified atom stereocenters. The smallest absolute Gasteiger partial charge is 0.267 e. The number of para-hydroxylation sites is 1. The quantitative estimate of drug-likeness (QED) is 0.369. The van der Waals surface area contributed by atoms with Gasteiger partial charge in [0.15, 0.2) is 5.82 Å². The maximum Gasteiger partial charge on any atom is 0.267 e. The minimum Gasteiger partial charge on any atom is -0.364 e. The first kappa shape index (κ1) is 17.6. The maximum absolute atomic E-state index is 12.7. The Labute approximate surface area is 169 Å². The van der Waals surface area contributed by atoms with E-state index < -0.39 is 5.91 Å². The first-order valence-electron chi connectivity index (χ1n) is 9.09. The van der Waals surface area contributed by atoms with E-state index in [9.17, 15) is 9.59 Å². The number of carbonyl (C=O) groups excluding carboxylic acids is 2. The highest BCUT2D eigenvalue weighted by molar-refractivity contribution is 6.11. The second kappa shape index (κ2) is 6.82. The number of aromatic nitrogens is 5. The van der Waals surface area contributed by atoms with E-state index in [4.69, 9.17) is 5.73 Å². The summed E-state index contributed by atoms with van der Waals surface area (Å²) in [6, 6.07) is 14.4. The number of benzene rings is 2. The first-order chi connectivity index (χ1) is 14.6. The Bertz CT molecular complexity index is 1420. The molecule has 0 saturated heterocycles. The average molecular weight is 397 g/mol. The minimum absolute atomic E-state index is 0.139. The van der Waals surface area contributed by atoms with E-state index >= 15 is 0 Å². The topological polar surface area (TPSA) is 142 Å². The predicted octanol–water partition coefficient (Wildman–Crippen LogP) is 2.85. The maximum atomic E-state index is 12.7. The van der Waals surface area contributed by atoms with Crippen molar-refractivity contribution >= 4 is 39.6 Å². The Morgan fingerprint density at radius 2 is 1.90 bits per heavy atom. The molecule has 5 rings (SSSR count). The van der Waals surface area contributed by atoms with Crippen molar-refractivity contribution in [3.05, 3.63) is 72.2 Å². The Kier molecular flexibility index (Phi) is 3.99. The molecule has 0 spiro atoms. The van der Waals surface area contributed by atoms with Crippen molar-refractivity contribution in [1.82, 2.24) is 24.9 Å². The molecular weight excluding hydrogens is 382 g/mol. The fourth-order valence-electron chi connectivity index (χ4n) is 3.34. The standard InChI is InChI=1S/C21H15N7O2/c22-18(29)15-10-11-4-1-2-5-12(11)17(25-15)19-26-14-7-3-6-13(16(14)27-19)20(30)28-21-23-8-9-24-21/h1-10H,(H2,22,29)(H,26,27)(H2,23,24,28,30). The number of nitrogens with two attached hydrogens (primary N) is 1. The van der Waals surface area contributed by atoms with Gasteiger partial charge in [-0.3, -0.25) is 14.9 Å². The number of aromatic amines is 2. The molecule has 9 heteroatoms. The van der Waals surface area contributed by atoms with E-state index in [0.29, 0.717) is 34.1 Å². The van der Waals surface area contributed by atoms with Gasteiger partial charge in [-0.15, -0.1) is 0 Å². The number of imidazole rings is 2. The highest BCUT2D eigenvalue weighted by Gasteiger charge is 2.18. The SMILES string of the molecule is NC(=O)c1cc2ccccc2c(-c2nc3c(C(=O)Nc4ncc[nH]4)cccc3[nH]2)n1. The van der Waals surface area contributed by atoms with Gasteiger partial charge in [0.1, 0.15) is 16.9 Å². The number of hydrogen-bond donors (Lipinski definition) is 4. The fourth-order valence-corrected chi connectivity index (χ4v) is 3.34. The van der Waals surface area contributed by atoms with Crippen LogP contribution < -0.4 is 11.1 Å². The Morgan fingerprint density at radius 3 is 2.70 bits per heavy atom. The van der Waals surface area contributed by atoms with Crippen molar-refractivity contribution in [2.75, 3.05) is 5.32 Å². The van der Waals surface area contributed by atoms with Crippen molar-refractivity contribution in [1.29, 1.82) is 0 Å². The zero-order valence-electron chi connectivity index (χ0n) is 15.5. The number of rotatable bonds is 4. The number of nitrogens with zero attached hydrogens (tertiary/aromatic N) is 3. The third-order valence-electron chi connectivity index (χ3n) is 4.70. The summed E-state index contributed by atoms with van der Waals surface area (Å²) in [5.74, 6) is -0.203. The molecule has 0 aliphatic heterocycles. The summed E-state index contributed by atoms with van der Waals surface area (Å²) < 4.78 is 0. The Hall–Kier alpha value is -4.53. The van der Waals surface area contributed by atoms with Gasteiger partial charge in [-0.25, -0.2) is 15.0 Å². The van der Waals surface area contributed by atoms with Crippen molar-refractivity contribution in [3.8, 4) is 11.5 Å². The van der Waals surface area contributed by atoms with Crippen molar-refractivity contribution in [2.45, 2.75) is 0 Å². The van der Waals surface area contributed by atoms with Gasteiger partial charge in [0, 0.05) is 17.8 Å². The number of H-pyrrole nitrogens is 2. The molecule has 0 aliphatic rings. The van der Waals surface area contributed by atoms with Gasteiger partial charge in [0.25, 0.3) is 11.8 Å². The van der Waals surface area contributed by atoms with Crippen LogP contribution in [-0.4, -0.2) is 36.7 Å². The van der Waals surface area contributed by atoms with E-state index in [2.05, 4.69) is 30.2 Å². The highest BCUT2D eigenvalue weighted by Crippen LogP contribution is 2.28. The molecule has 146 valence electrons. The van der Waals surface area contributed by atoms with Crippen LogP contribution in [0.3, 0.4) is 0 Å². The number of primary amides is 1. The lowest BCUT2D eigenvalue weighted by molar-refractivity contribution is 0.0993. The molecule has 2 aromatic carbocycles. The molecular formula is C21H15N7O2. The Balaban J connectivity index is 1.66. The van der Waals surface area contributed by atoms with E-state index in [0.717, 1.165) is 10.8 Å². The monoisotopic (exact) mass is 397 g/mol. The van der Waals surface area contributed by atoms with Gasteiger partial charge in [-0.1, -0.05) is 30.3 Å². The van der Waals surface area contributed by atoms with E-state index in [1.807, 2.05) is 30.3 Å². The van der Waals surface area contributed by atoms with Crippen LogP contribution in [0, 0.1) is 0 Å². The molecule has 0 atom stereocenters. The number of anilines is 1. The van der Waals surface area contributed by atoms with Crippen LogP contribution in [0.15, 0.2) is 60.9 Å². The van der Waals surface area contributed by atoms with Crippen LogP contribution in [0.5, 0.6) is 0 Å². The van der Waals surface area contributed by atoms with Crippen LogP contribution >= 0.6 is 0 Å². The summed E-state index contributed by atoms with van der Waals surface area (Å²) in [6.07, 6.45) is 3.16. The lowest BCUT2D eigenvalue weighted by atomic mass is 10.1. The number of carbonyl (C=O) groups is 2. The van der Waals surface area contributed by atoms with E-state index in [-0.39, 0.29) is 11.6 Å². The molecule has 0 fully saturated rings. The van der Waals surface area contributed by atoms with Crippen LogP contribution in [-0.2, 0) is 0 Å². The van der Waals surface area contributed by atoms with Crippen molar-refractivity contribution in [2.24, 2.45) is 5.73 Å². The van der Waals surface area contributed by atoms with Crippen LogP contribution in [0.2, 0.25) is 0 Å². The molecule has 5 N–H and O–H groups in total. The molecule has 0 saturated carbocycles. The molecule has 2 amide bonds. The number of pyridine rings is 1. The van der Waals surface area contributed by atoms with Crippen molar-refractivity contribution < 1.29 is 9.59 Å². The third-order valence-corrected chi connectivity index (χ3v) is 4.70. The largest absolute Gasteiger partial charge is 0.364 e. The molecule has 0 radical (unpaired) electrons. The number of nitrogens with one attached hydrogen (secondary N) is 3. The summed E-state index contributed by atoms with van der Waals surface area (Å²) in [5.41, 5.74) is 7.60. The van der Waals surface area contributed by atoms with Gasteiger partial charge in [0.05, 0.1) is 11.1 Å². The number of fused-ring (bicyclic) bond motifs is 2. The lowest BCUT2D eigenvalue weighted by Gasteiger charge is -2.05. The van der Waals surface area contributed by atoms with Crippen molar-refractivity contribution in [3.63, 3.8) is 0 Å². The fraction of sp³-hybridized carbons (Fsp3) is 0. The van der Waals surface area contributed by atoms with Gasteiger partial charge >= 0.3 is 0 Å². The van der Waals surface area contributed by atoms with Gasteiger partial charge in [0.2, 0.25) is 5.95 Å². The highest BCUT2D eigenvalue weighted by atomic mass is 16.2. The van der Waals surface area contributed by atoms with Crippen LogP contribution in [0.1, 0.15) is 20.8 Å². The molecule has 30 heavy (non-hydrogen) atoms. The lowest BCUT2D eigenvalue weighted by Crippen LogP contribution is -2.13. The second-order valence-electron chi connectivity index (χ2n) is 6.62. The summed E-state index contributed by atoms with van der Waals surface area (Å²) in [6.45, 7) is 0. The zero-order valence-corrected chi connectivity index (χ0v) is 15.5. The van der Waals surface area contributed by atoms with E-state index in [1.165, 1.54) is 0 Å². The zero-order chi connectivity index (χ0) is 20.7. The van der Waals surface area contributed by atoms with Gasteiger partial charge < -0.3 is 15.7 Å². The summed E-state index contributed by atoms with van der Waals surface area (Å²) >= 11 is 0. The van der Waals surface area contributed by atoms with Gasteiger partial charge in [-0.2, -0.15) is 0 Å². The predicted molar refractivity (Wildman–Crippen MR) is 112 cm³/mol. The van der Waals surface area contributed by atoms with E-state index in [1.54, 1.807) is 30.6 Å². The molecule has 0 bridgehead atoms. The Morgan fingerprint density at radius 1 is 1.03 bits per heavy atom. The van der Waals surface area contributed by atoms with Crippen LogP contribution in [0.4, 0.5) is 5.95 Å².